The molecule has 112 valence electrons. The second-order valence-electron chi connectivity index (χ2n) is 5.01. The second kappa shape index (κ2) is 5.77. The number of hydrogen-bond donors (Lipinski definition) is 1. The molecule has 22 heavy (non-hydrogen) atoms. The minimum absolute atomic E-state index is 0.232. The van der Waals surface area contributed by atoms with Gasteiger partial charge in [-0.1, -0.05) is 24.6 Å². The Balaban J connectivity index is 2.02. The maximum atomic E-state index is 12.6. The van der Waals surface area contributed by atoms with Crippen LogP contribution in [0.5, 0.6) is 0 Å². The molecule has 0 aliphatic rings. The molecule has 0 aliphatic heterocycles. The predicted molar refractivity (Wildman–Crippen MR) is 86.5 cm³/mol. The number of fused-ring (bicyclic) bond motifs is 1. The summed E-state index contributed by atoms with van der Waals surface area (Å²) in [6, 6.07) is 7.24. The van der Waals surface area contributed by atoms with Crippen LogP contribution in [0.2, 0.25) is 5.02 Å². The van der Waals surface area contributed by atoms with Crippen molar-refractivity contribution in [2.45, 2.75) is 20.3 Å². The van der Waals surface area contributed by atoms with Gasteiger partial charge in [0.05, 0.1) is 10.7 Å². The van der Waals surface area contributed by atoms with Crippen LogP contribution in [0.25, 0.3) is 5.65 Å². The first-order valence-corrected chi connectivity index (χ1v) is 7.36. The van der Waals surface area contributed by atoms with E-state index in [4.69, 9.17) is 11.6 Å². The van der Waals surface area contributed by atoms with E-state index in [2.05, 4.69) is 15.3 Å². The Morgan fingerprint density at radius 2 is 2.14 bits per heavy atom. The number of carbonyl (C=O) groups is 1. The van der Waals surface area contributed by atoms with Crippen LogP contribution in [0.1, 0.15) is 28.7 Å². The molecular formula is C16H15ClN4O. The van der Waals surface area contributed by atoms with Crippen molar-refractivity contribution in [2.75, 3.05) is 5.32 Å². The lowest BCUT2D eigenvalue weighted by molar-refractivity contribution is 0.102. The number of aromatic nitrogens is 3. The normalized spacial score (nSPS) is 10.9. The Bertz CT molecular complexity index is 839. The second-order valence-corrected chi connectivity index (χ2v) is 5.45. The van der Waals surface area contributed by atoms with Crippen molar-refractivity contribution in [3.8, 4) is 0 Å². The van der Waals surface area contributed by atoms with Gasteiger partial charge in [-0.3, -0.25) is 9.20 Å². The van der Waals surface area contributed by atoms with E-state index >= 15 is 0 Å². The van der Waals surface area contributed by atoms with E-state index in [-0.39, 0.29) is 5.91 Å². The molecular weight excluding hydrogens is 300 g/mol. The fourth-order valence-electron chi connectivity index (χ4n) is 2.31. The highest BCUT2D eigenvalue weighted by Crippen LogP contribution is 2.17. The smallest absolute Gasteiger partial charge is 0.275 e. The van der Waals surface area contributed by atoms with Gasteiger partial charge in [0.2, 0.25) is 0 Å². The van der Waals surface area contributed by atoms with Crippen LogP contribution in [0.4, 0.5) is 5.82 Å². The lowest BCUT2D eigenvalue weighted by Crippen LogP contribution is -2.17. The average molecular weight is 315 g/mol. The number of rotatable bonds is 3. The number of imidazole rings is 1. The molecule has 0 aliphatic carbocycles. The number of carbonyl (C=O) groups excluding carboxylic acids is 1. The first-order chi connectivity index (χ1) is 10.6. The fourth-order valence-corrected chi connectivity index (χ4v) is 2.42. The number of hydrogen-bond acceptors (Lipinski definition) is 3. The van der Waals surface area contributed by atoms with E-state index < -0.39 is 0 Å². The number of amides is 1. The predicted octanol–water partition coefficient (Wildman–Crippen LogP) is 3.51. The topological polar surface area (TPSA) is 59.3 Å². The van der Waals surface area contributed by atoms with E-state index in [1.54, 1.807) is 12.1 Å². The number of aryl methyl sites for hydroxylation is 2. The summed E-state index contributed by atoms with van der Waals surface area (Å²) in [5.41, 5.74) is 3.12. The third kappa shape index (κ3) is 2.67. The summed E-state index contributed by atoms with van der Waals surface area (Å²) in [6.45, 7) is 3.96. The minimum Gasteiger partial charge on any atom is -0.305 e. The molecule has 5 nitrogen and oxygen atoms in total. The van der Waals surface area contributed by atoms with Gasteiger partial charge in [-0.05, 0) is 37.1 Å². The molecule has 0 radical (unpaired) electrons. The largest absolute Gasteiger partial charge is 0.305 e. The summed E-state index contributed by atoms with van der Waals surface area (Å²) < 4.78 is 1.82. The molecule has 0 aromatic carbocycles. The van der Waals surface area contributed by atoms with Crippen LogP contribution in [0.15, 0.2) is 36.7 Å². The molecule has 0 fully saturated rings. The molecule has 0 bridgehead atoms. The Kier molecular flexibility index (Phi) is 3.81. The van der Waals surface area contributed by atoms with Gasteiger partial charge in [0.25, 0.3) is 5.91 Å². The van der Waals surface area contributed by atoms with Crippen LogP contribution in [-0.4, -0.2) is 20.3 Å². The van der Waals surface area contributed by atoms with E-state index in [0.717, 1.165) is 16.9 Å². The van der Waals surface area contributed by atoms with Crippen molar-refractivity contribution < 1.29 is 4.79 Å². The maximum absolute atomic E-state index is 12.6. The van der Waals surface area contributed by atoms with E-state index in [9.17, 15) is 4.79 Å². The number of nitrogens with one attached hydrogen (secondary N) is 1. The number of pyridine rings is 2. The average Bonchev–Trinajstić information content (AvgIpc) is 2.87. The molecule has 0 saturated carbocycles. The van der Waals surface area contributed by atoms with Crippen LogP contribution in [0.3, 0.4) is 0 Å². The molecule has 6 heteroatoms. The van der Waals surface area contributed by atoms with Gasteiger partial charge in [-0.2, -0.15) is 0 Å². The lowest BCUT2D eigenvalue weighted by Gasteiger charge is -2.06. The van der Waals surface area contributed by atoms with Crippen molar-refractivity contribution >= 4 is 29.0 Å². The molecule has 0 spiro atoms. The van der Waals surface area contributed by atoms with E-state index in [1.165, 1.54) is 6.20 Å². The Labute approximate surface area is 133 Å². The van der Waals surface area contributed by atoms with Crippen LogP contribution >= 0.6 is 11.6 Å². The molecule has 0 saturated heterocycles. The summed E-state index contributed by atoms with van der Waals surface area (Å²) in [4.78, 5) is 21.2. The standard InChI is InChI=1S/C16H15ClN4O/c1-3-12-15(21-9-10(2)4-7-14(21)19-12)16(22)20-13-6-5-11(17)8-18-13/h4-9H,3H2,1-2H3,(H,18,20,22). The molecule has 3 rings (SSSR count). The summed E-state index contributed by atoms with van der Waals surface area (Å²) in [7, 11) is 0. The third-order valence-corrected chi connectivity index (χ3v) is 3.58. The Morgan fingerprint density at radius 1 is 1.32 bits per heavy atom. The number of anilines is 1. The summed E-state index contributed by atoms with van der Waals surface area (Å²) in [5.74, 6) is 0.226. The molecule has 1 N–H and O–H groups in total. The van der Waals surface area contributed by atoms with Crippen molar-refractivity contribution in [1.29, 1.82) is 0 Å². The zero-order valence-corrected chi connectivity index (χ0v) is 13.1. The number of halogens is 1. The van der Waals surface area contributed by atoms with Gasteiger partial charge in [0, 0.05) is 12.4 Å². The highest BCUT2D eigenvalue weighted by atomic mass is 35.5. The first-order valence-electron chi connectivity index (χ1n) is 6.99. The quantitative estimate of drug-likeness (QED) is 0.805. The summed E-state index contributed by atoms with van der Waals surface area (Å²) in [5, 5.41) is 3.31. The zero-order valence-electron chi connectivity index (χ0n) is 12.3. The van der Waals surface area contributed by atoms with Crippen molar-refractivity contribution in [2.24, 2.45) is 0 Å². The lowest BCUT2D eigenvalue weighted by atomic mass is 10.2. The fraction of sp³-hybridized carbons (Fsp3) is 0.188. The van der Waals surface area contributed by atoms with E-state index in [1.807, 2.05) is 36.6 Å². The highest BCUT2D eigenvalue weighted by Gasteiger charge is 2.18. The van der Waals surface area contributed by atoms with Crippen molar-refractivity contribution in [3.63, 3.8) is 0 Å². The van der Waals surface area contributed by atoms with Crippen LogP contribution in [-0.2, 0) is 6.42 Å². The highest BCUT2D eigenvalue weighted by molar-refractivity contribution is 6.30. The van der Waals surface area contributed by atoms with Crippen LogP contribution < -0.4 is 5.32 Å². The molecule has 0 unspecified atom stereocenters. The SMILES string of the molecule is CCc1nc2ccc(C)cn2c1C(=O)Nc1ccc(Cl)cn1. The molecule has 3 aromatic rings. The molecule has 1 amide bonds. The van der Waals surface area contributed by atoms with E-state index in [0.29, 0.717) is 23.0 Å². The summed E-state index contributed by atoms with van der Waals surface area (Å²) >= 11 is 5.80. The van der Waals surface area contributed by atoms with Crippen LogP contribution in [0, 0.1) is 6.92 Å². The Hall–Kier alpha value is -2.40. The maximum Gasteiger partial charge on any atom is 0.275 e. The number of nitrogens with zero attached hydrogens (tertiary/aromatic N) is 3. The van der Waals surface area contributed by atoms with Gasteiger partial charge < -0.3 is 5.32 Å². The van der Waals surface area contributed by atoms with Gasteiger partial charge in [0.15, 0.2) is 0 Å². The third-order valence-electron chi connectivity index (χ3n) is 3.36. The monoisotopic (exact) mass is 314 g/mol. The van der Waals surface area contributed by atoms with Gasteiger partial charge in [0.1, 0.15) is 17.2 Å². The minimum atomic E-state index is -0.232. The molecule has 0 atom stereocenters. The van der Waals surface area contributed by atoms with Crippen molar-refractivity contribution in [3.05, 3.63) is 58.6 Å². The molecule has 3 aromatic heterocycles. The van der Waals surface area contributed by atoms with Gasteiger partial charge in [-0.25, -0.2) is 9.97 Å². The van der Waals surface area contributed by atoms with Crippen molar-refractivity contribution in [1.82, 2.24) is 14.4 Å². The van der Waals surface area contributed by atoms with Gasteiger partial charge >= 0.3 is 0 Å². The summed E-state index contributed by atoms with van der Waals surface area (Å²) in [6.07, 6.45) is 4.08. The molecule has 3 heterocycles. The first kappa shape index (κ1) is 14.5. The van der Waals surface area contributed by atoms with Gasteiger partial charge in [-0.15, -0.1) is 0 Å². The Morgan fingerprint density at radius 3 is 2.82 bits per heavy atom. The zero-order chi connectivity index (χ0) is 15.7.